The van der Waals surface area contributed by atoms with E-state index in [4.69, 9.17) is 0 Å². The van der Waals surface area contributed by atoms with Crippen molar-refractivity contribution in [1.82, 2.24) is 5.32 Å². The second-order valence-electron chi connectivity index (χ2n) is 6.44. The van der Waals surface area contributed by atoms with Crippen molar-refractivity contribution in [2.75, 3.05) is 11.6 Å². The Bertz CT molecular complexity index is 801. The van der Waals surface area contributed by atoms with Crippen LogP contribution in [0.5, 0.6) is 0 Å². The predicted molar refractivity (Wildman–Crippen MR) is 105 cm³/mol. The number of carbonyl (C=O) groups is 2. The molecule has 0 heterocycles. The van der Waals surface area contributed by atoms with Crippen LogP contribution in [0.2, 0.25) is 0 Å². The molecule has 0 aliphatic rings. The average Bonchev–Trinajstić information content (AvgIpc) is 2.60. The lowest BCUT2D eigenvalue weighted by Crippen LogP contribution is -2.23. The summed E-state index contributed by atoms with van der Waals surface area (Å²) in [4.78, 5) is 24.0. The first-order valence-electron chi connectivity index (χ1n) is 8.42. The summed E-state index contributed by atoms with van der Waals surface area (Å²) < 4.78 is 11.3. The summed E-state index contributed by atoms with van der Waals surface area (Å²) >= 11 is 0. The molecule has 2 rings (SSSR count). The van der Waals surface area contributed by atoms with Crippen LogP contribution in [-0.4, -0.2) is 22.3 Å². The zero-order valence-corrected chi connectivity index (χ0v) is 16.1. The number of hydrogen-bond donors (Lipinski definition) is 2. The summed E-state index contributed by atoms with van der Waals surface area (Å²) in [6.07, 6.45) is 1.64. The summed E-state index contributed by atoms with van der Waals surface area (Å²) in [5.41, 5.74) is 3.10. The van der Waals surface area contributed by atoms with Crippen molar-refractivity contribution < 1.29 is 13.8 Å². The molecule has 0 fully saturated rings. The highest BCUT2D eigenvalue weighted by Crippen LogP contribution is 2.12. The highest BCUT2D eigenvalue weighted by atomic mass is 32.2. The van der Waals surface area contributed by atoms with E-state index < -0.39 is 10.8 Å². The minimum Gasteiger partial charge on any atom is -0.348 e. The number of carbonyl (C=O) groups excluding carboxylic acids is 2. The van der Waals surface area contributed by atoms with Gasteiger partial charge in [0.25, 0.3) is 5.91 Å². The fourth-order valence-corrected chi connectivity index (χ4v) is 2.96. The van der Waals surface area contributed by atoms with Crippen molar-refractivity contribution in [3.05, 3.63) is 65.2 Å². The van der Waals surface area contributed by atoms with Crippen molar-refractivity contribution in [1.29, 1.82) is 0 Å². The van der Waals surface area contributed by atoms with Crippen LogP contribution in [0.4, 0.5) is 5.69 Å². The Morgan fingerprint density at radius 2 is 1.73 bits per heavy atom. The molecule has 1 atom stereocenters. The van der Waals surface area contributed by atoms with E-state index in [1.54, 1.807) is 24.5 Å². The van der Waals surface area contributed by atoms with Crippen LogP contribution < -0.4 is 10.6 Å². The Morgan fingerprint density at radius 1 is 1.04 bits per heavy atom. The Kier molecular flexibility index (Phi) is 7.09. The smallest absolute Gasteiger partial charge is 0.251 e. The molecule has 0 aliphatic carbocycles. The van der Waals surface area contributed by atoms with Gasteiger partial charge in [0.15, 0.2) is 0 Å². The normalized spacial score (nSPS) is 11.8. The van der Waals surface area contributed by atoms with Crippen LogP contribution in [0.1, 0.15) is 35.3 Å². The summed E-state index contributed by atoms with van der Waals surface area (Å²) in [6.45, 7) is 4.07. The summed E-state index contributed by atoms with van der Waals surface area (Å²) in [5, 5.41) is 5.70. The fourth-order valence-electron chi connectivity index (χ4n) is 2.31. The zero-order valence-electron chi connectivity index (χ0n) is 15.2. The Balaban J connectivity index is 1.93. The Morgan fingerprint density at radius 3 is 2.35 bits per heavy atom. The summed E-state index contributed by atoms with van der Waals surface area (Å²) in [5.74, 6) is 0.157. The third-order valence-corrected chi connectivity index (χ3v) is 4.50. The van der Waals surface area contributed by atoms with Crippen molar-refractivity contribution in [2.24, 2.45) is 5.92 Å². The van der Waals surface area contributed by atoms with Gasteiger partial charge in [-0.2, -0.15) is 0 Å². The molecule has 6 heteroatoms. The first-order chi connectivity index (χ1) is 12.3. The Hall–Kier alpha value is -2.47. The highest BCUT2D eigenvalue weighted by molar-refractivity contribution is 7.83. The van der Waals surface area contributed by atoms with Gasteiger partial charge in [-0.1, -0.05) is 38.1 Å². The lowest BCUT2D eigenvalue weighted by Gasteiger charge is -2.09. The SMILES string of the molecule is CC(C)C(=O)Nc1ccc(CNC(=O)c2cccc(CS(C)=O)c2)cc1. The van der Waals surface area contributed by atoms with Gasteiger partial charge >= 0.3 is 0 Å². The van der Waals surface area contributed by atoms with Crippen LogP contribution >= 0.6 is 0 Å². The molecule has 0 radical (unpaired) electrons. The summed E-state index contributed by atoms with van der Waals surface area (Å²) in [7, 11) is -0.943. The number of hydrogen-bond acceptors (Lipinski definition) is 3. The molecule has 138 valence electrons. The second kappa shape index (κ2) is 9.29. The van der Waals surface area contributed by atoms with Gasteiger partial charge in [0.1, 0.15) is 0 Å². The number of nitrogens with one attached hydrogen (secondary N) is 2. The third kappa shape index (κ3) is 6.11. The molecule has 2 aromatic carbocycles. The van der Waals surface area contributed by atoms with Gasteiger partial charge in [-0.25, -0.2) is 0 Å². The first-order valence-corrected chi connectivity index (χ1v) is 10.1. The van der Waals surface area contributed by atoms with E-state index in [0.29, 0.717) is 17.9 Å². The van der Waals surface area contributed by atoms with Gasteiger partial charge in [-0.05, 0) is 35.4 Å². The van der Waals surface area contributed by atoms with Crippen molar-refractivity contribution in [2.45, 2.75) is 26.1 Å². The largest absolute Gasteiger partial charge is 0.348 e. The molecular weight excluding hydrogens is 348 g/mol. The molecule has 26 heavy (non-hydrogen) atoms. The average molecular weight is 372 g/mol. The van der Waals surface area contributed by atoms with Gasteiger partial charge in [-0.3, -0.25) is 13.8 Å². The monoisotopic (exact) mass is 372 g/mol. The van der Waals surface area contributed by atoms with Crippen LogP contribution in [0, 0.1) is 5.92 Å². The summed E-state index contributed by atoms with van der Waals surface area (Å²) in [6, 6.07) is 14.5. The number of rotatable bonds is 7. The molecule has 0 bridgehead atoms. The minimum atomic E-state index is -0.943. The fraction of sp³-hybridized carbons (Fsp3) is 0.300. The minimum absolute atomic E-state index is 0.0288. The molecule has 0 aromatic heterocycles. The lowest BCUT2D eigenvalue weighted by molar-refractivity contribution is -0.118. The van der Waals surface area contributed by atoms with E-state index in [1.165, 1.54) is 0 Å². The molecule has 0 saturated carbocycles. The quantitative estimate of drug-likeness (QED) is 0.784. The molecule has 0 saturated heterocycles. The van der Waals surface area contributed by atoms with E-state index in [1.807, 2.05) is 44.2 Å². The zero-order chi connectivity index (χ0) is 19.1. The van der Waals surface area contributed by atoms with Crippen LogP contribution in [0.25, 0.3) is 0 Å². The number of anilines is 1. The van der Waals surface area contributed by atoms with Gasteiger partial charge in [-0.15, -0.1) is 0 Å². The van der Waals surface area contributed by atoms with Gasteiger partial charge in [0, 0.05) is 46.5 Å². The topological polar surface area (TPSA) is 75.3 Å². The second-order valence-corrected chi connectivity index (χ2v) is 7.88. The van der Waals surface area contributed by atoms with Gasteiger partial charge in [0.2, 0.25) is 5.91 Å². The molecule has 0 spiro atoms. The molecule has 2 N–H and O–H groups in total. The van der Waals surface area contributed by atoms with Crippen LogP contribution in [0.3, 0.4) is 0 Å². The van der Waals surface area contributed by atoms with Crippen molar-refractivity contribution in [3.63, 3.8) is 0 Å². The number of benzene rings is 2. The molecular formula is C20H24N2O3S. The van der Waals surface area contributed by atoms with Crippen LogP contribution in [-0.2, 0) is 27.9 Å². The molecule has 0 aliphatic heterocycles. The number of amides is 2. The predicted octanol–water partition coefficient (Wildman–Crippen LogP) is 3.09. The van der Waals surface area contributed by atoms with Crippen molar-refractivity contribution >= 4 is 28.3 Å². The molecule has 5 nitrogen and oxygen atoms in total. The van der Waals surface area contributed by atoms with E-state index in [9.17, 15) is 13.8 Å². The Labute approximate surface area is 156 Å². The molecule has 1 unspecified atom stereocenters. The van der Waals surface area contributed by atoms with E-state index in [0.717, 1.165) is 16.8 Å². The van der Waals surface area contributed by atoms with E-state index in [2.05, 4.69) is 10.6 Å². The molecule has 2 amide bonds. The maximum Gasteiger partial charge on any atom is 0.251 e. The van der Waals surface area contributed by atoms with Crippen LogP contribution in [0.15, 0.2) is 48.5 Å². The van der Waals surface area contributed by atoms with Gasteiger partial charge < -0.3 is 10.6 Å². The maximum absolute atomic E-state index is 12.3. The third-order valence-electron chi connectivity index (χ3n) is 3.76. The van der Waals surface area contributed by atoms with E-state index in [-0.39, 0.29) is 17.7 Å². The highest BCUT2D eigenvalue weighted by Gasteiger charge is 2.08. The maximum atomic E-state index is 12.3. The van der Waals surface area contributed by atoms with Crippen molar-refractivity contribution in [3.8, 4) is 0 Å². The first kappa shape index (κ1) is 19.8. The van der Waals surface area contributed by atoms with Gasteiger partial charge in [0.05, 0.1) is 0 Å². The van der Waals surface area contributed by atoms with E-state index >= 15 is 0 Å². The lowest BCUT2D eigenvalue weighted by atomic mass is 10.1. The molecule has 2 aromatic rings. The standard InChI is InChI=1S/C20H24N2O3S/c1-14(2)19(23)22-18-9-7-15(8-10-18)12-21-20(24)17-6-4-5-16(11-17)13-26(3)25/h4-11,14H,12-13H2,1-3H3,(H,21,24)(H,22,23).